The zero-order valence-electron chi connectivity index (χ0n) is 16.8. The lowest BCUT2D eigenvalue weighted by Gasteiger charge is -2.15. The first-order chi connectivity index (χ1) is 14.4. The van der Waals surface area contributed by atoms with Crippen LogP contribution in [0.5, 0.6) is 0 Å². The Kier molecular flexibility index (Phi) is 5.26. The van der Waals surface area contributed by atoms with Crippen LogP contribution in [0, 0.1) is 13.8 Å². The fourth-order valence-corrected chi connectivity index (χ4v) is 3.83. The Morgan fingerprint density at radius 3 is 2.40 bits per heavy atom. The highest BCUT2D eigenvalue weighted by molar-refractivity contribution is 9.10. The van der Waals surface area contributed by atoms with E-state index in [1.807, 2.05) is 62.4 Å². The van der Waals surface area contributed by atoms with Gasteiger partial charge in [-0.25, -0.2) is 9.36 Å². The van der Waals surface area contributed by atoms with Gasteiger partial charge in [0.05, 0.1) is 28.1 Å². The zero-order valence-corrected chi connectivity index (χ0v) is 18.3. The third-order valence-electron chi connectivity index (χ3n) is 5.03. The molecule has 4 rings (SSSR count). The number of rotatable bonds is 4. The van der Waals surface area contributed by atoms with Crippen LogP contribution in [-0.4, -0.2) is 25.5 Å². The second kappa shape index (κ2) is 7.87. The van der Waals surface area contributed by atoms with Crippen LogP contribution in [0.2, 0.25) is 0 Å². The molecule has 2 heterocycles. The van der Waals surface area contributed by atoms with Gasteiger partial charge in [0, 0.05) is 4.47 Å². The number of halogens is 1. The molecule has 2 aromatic carbocycles. The predicted molar refractivity (Wildman–Crippen MR) is 120 cm³/mol. The minimum Gasteiger partial charge on any atom is -0.323 e. The molecule has 0 aliphatic rings. The SMILES string of the molecule is Cc1nn([C@@H](C)C(=O)Nc2ccccc2Br)c(=O)c2nn(-c3ccccc3)c(C)c12. The molecule has 7 nitrogen and oxygen atoms in total. The molecule has 0 saturated carbocycles. The van der Waals surface area contributed by atoms with Crippen LogP contribution in [0.3, 0.4) is 0 Å². The van der Waals surface area contributed by atoms with Crippen molar-refractivity contribution in [2.75, 3.05) is 5.32 Å². The van der Waals surface area contributed by atoms with E-state index in [2.05, 4.69) is 31.4 Å². The number of carbonyl (C=O) groups excluding carboxylic acids is 1. The average Bonchev–Trinajstić information content (AvgIpc) is 3.10. The van der Waals surface area contributed by atoms with Gasteiger partial charge in [0.2, 0.25) is 5.91 Å². The number of aromatic nitrogens is 4. The number of nitrogens with one attached hydrogen (secondary N) is 1. The molecule has 0 saturated heterocycles. The Labute approximate surface area is 181 Å². The molecule has 1 atom stereocenters. The molecule has 0 aliphatic carbocycles. The molecule has 2 aromatic heterocycles. The van der Waals surface area contributed by atoms with E-state index in [1.54, 1.807) is 17.7 Å². The molecule has 152 valence electrons. The summed E-state index contributed by atoms with van der Waals surface area (Å²) in [7, 11) is 0. The molecule has 1 amide bonds. The van der Waals surface area contributed by atoms with Gasteiger partial charge in [-0.3, -0.25) is 9.59 Å². The maximum atomic E-state index is 13.2. The molecule has 1 N–H and O–H groups in total. The van der Waals surface area contributed by atoms with Gasteiger partial charge in [-0.2, -0.15) is 10.2 Å². The van der Waals surface area contributed by atoms with Gasteiger partial charge in [0.15, 0.2) is 5.52 Å². The van der Waals surface area contributed by atoms with Crippen LogP contribution in [0.15, 0.2) is 63.9 Å². The summed E-state index contributed by atoms with van der Waals surface area (Å²) in [5.41, 5.74) is 2.86. The van der Waals surface area contributed by atoms with Crippen molar-refractivity contribution >= 4 is 38.4 Å². The molecular weight excluding hydrogens is 446 g/mol. The lowest BCUT2D eigenvalue weighted by Crippen LogP contribution is -2.34. The first-order valence-corrected chi connectivity index (χ1v) is 10.3. The van der Waals surface area contributed by atoms with Crippen molar-refractivity contribution < 1.29 is 4.79 Å². The topological polar surface area (TPSA) is 81.8 Å². The molecule has 8 heteroatoms. The van der Waals surface area contributed by atoms with Gasteiger partial charge >= 0.3 is 0 Å². The van der Waals surface area contributed by atoms with Gasteiger partial charge in [-0.05, 0) is 61.0 Å². The van der Waals surface area contributed by atoms with Gasteiger partial charge < -0.3 is 5.32 Å². The smallest absolute Gasteiger partial charge is 0.295 e. The van der Waals surface area contributed by atoms with E-state index < -0.39 is 11.6 Å². The van der Waals surface area contributed by atoms with Crippen molar-refractivity contribution in [3.8, 4) is 5.69 Å². The second-order valence-corrected chi connectivity index (χ2v) is 7.89. The van der Waals surface area contributed by atoms with Crippen molar-refractivity contribution in [1.82, 2.24) is 19.6 Å². The fraction of sp³-hybridized carbons (Fsp3) is 0.182. The first kappa shape index (κ1) is 20.0. The summed E-state index contributed by atoms with van der Waals surface area (Å²) < 4.78 is 3.69. The number of para-hydroxylation sites is 2. The number of aryl methyl sites for hydroxylation is 2. The number of nitrogens with zero attached hydrogens (tertiary/aromatic N) is 4. The summed E-state index contributed by atoms with van der Waals surface area (Å²) in [5.74, 6) is -0.338. The Hall–Kier alpha value is -3.26. The lowest BCUT2D eigenvalue weighted by molar-refractivity contribution is -0.119. The molecule has 0 spiro atoms. The van der Waals surface area contributed by atoms with Gasteiger partial charge in [0.1, 0.15) is 6.04 Å². The Morgan fingerprint density at radius 2 is 1.70 bits per heavy atom. The van der Waals surface area contributed by atoms with Crippen molar-refractivity contribution in [1.29, 1.82) is 0 Å². The molecule has 0 unspecified atom stereocenters. The number of hydrogen-bond acceptors (Lipinski definition) is 4. The van der Waals surface area contributed by atoms with Crippen LogP contribution < -0.4 is 10.9 Å². The average molecular weight is 466 g/mol. The van der Waals surface area contributed by atoms with E-state index in [4.69, 9.17) is 0 Å². The van der Waals surface area contributed by atoms with E-state index >= 15 is 0 Å². The van der Waals surface area contributed by atoms with E-state index in [0.29, 0.717) is 22.3 Å². The van der Waals surface area contributed by atoms with Crippen molar-refractivity contribution in [2.45, 2.75) is 26.8 Å². The second-order valence-electron chi connectivity index (χ2n) is 7.04. The summed E-state index contributed by atoms with van der Waals surface area (Å²) in [6.45, 7) is 5.37. The molecule has 30 heavy (non-hydrogen) atoms. The maximum absolute atomic E-state index is 13.2. The van der Waals surface area contributed by atoms with Crippen LogP contribution in [-0.2, 0) is 4.79 Å². The summed E-state index contributed by atoms with van der Waals surface area (Å²) in [5, 5.41) is 12.5. The minimum absolute atomic E-state index is 0.296. The third kappa shape index (κ3) is 3.43. The lowest BCUT2D eigenvalue weighted by atomic mass is 10.2. The highest BCUT2D eigenvalue weighted by Crippen LogP contribution is 2.24. The van der Waals surface area contributed by atoms with Crippen LogP contribution in [0.4, 0.5) is 5.69 Å². The van der Waals surface area contributed by atoms with Crippen molar-refractivity contribution in [3.63, 3.8) is 0 Å². The fourth-order valence-electron chi connectivity index (χ4n) is 3.44. The number of benzene rings is 2. The largest absolute Gasteiger partial charge is 0.323 e. The Morgan fingerprint density at radius 1 is 1.03 bits per heavy atom. The van der Waals surface area contributed by atoms with E-state index in [-0.39, 0.29) is 5.91 Å². The maximum Gasteiger partial charge on any atom is 0.295 e. The normalized spacial score (nSPS) is 12.1. The number of hydrogen-bond donors (Lipinski definition) is 1. The van der Waals surface area contributed by atoms with Crippen molar-refractivity contribution in [3.05, 3.63) is 80.8 Å². The molecule has 4 aromatic rings. The monoisotopic (exact) mass is 465 g/mol. The number of carbonyl (C=O) groups is 1. The summed E-state index contributed by atoms with van der Waals surface area (Å²) in [4.78, 5) is 26.0. The predicted octanol–water partition coefficient (Wildman–Crippen LogP) is 4.16. The Bertz CT molecular complexity index is 1310. The van der Waals surface area contributed by atoms with E-state index in [0.717, 1.165) is 15.9 Å². The quantitative estimate of drug-likeness (QED) is 0.490. The standard InChI is InChI=1S/C22H20BrN5O2/c1-13-19-14(2)27(16-9-5-4-6-10-16)26-20(19)22(30)28(25-13)15(3)21(29)24-18-12-8-7-11-17(18)23/h4-12,15H,1-3H3,(H,24,29)/t15-/m0/s1. The molecule has 0 bridgehead atoms. The molecule has 0 radical (unpaired) electrons. The summed E-state index contributed by atoms with van der Waals surface area (Å²) >= 11 is 3.41. The number of fused-ring (bicyclic) bond motifs is 1. The van der Waals surface area contributed by atoms with Gasteiger partial charge in [-0.15, -0.1) is 0 Å². The zero-order chi connectivity index (χ0) is 21.4. The van der Waals surface area contributed by atoms with E-state index in [9.17, 15) is 9.59 Å². The summed E-state index contributed by atoms with van der Waals surface area (Å²) in [6.07, 6.45) is 0. The van der Waals surface area contributed by atoms with Crippen LogP contribution in [0.1, 0.15) is 24.4 Å². The number of amides is 1. The molecule has 0 aliphatic heterocycles. The highest BCUT2D eigenvalue weighted by atomic mass is 79.9. The van der Waals surface area contributed by atoms with E-state index in [1.165, 1.54) is 4.68 Å². The summed E-state index contributed by atoms with van der Waals surface area (Å²) in [6, 6.07) is 16.1. The first-order valence-electron chi connectivity index (χ1n) is 9.48. The third-order valence-corrected chi connectivity index (χ3v) is 5.72. The number of anilines is 1. The molecular formula is C22H20BrN5O2. The van der Waals surface area contributed by atoms with Crippen LogP contribution in [0.25, 0.3) is 16.6 Å². The van der Waals surface area contributed by atoms with Crippen LogP contribution >= 0.6 is 15.9 Å². The minimum atomic E-state index is -0.810. The van der Waals surface area contributed by atoms with Gasteiger partial charge in [-0.1, -0.05) is 30.3 Å². The van der Waals surface area contributed by atoms with Gasteiger partial charge in [0.25, 0.3) is 5.56 Å². The van der Waals surface area contributed by atoms with Crippen molar-refractivity contribution in [2.24, 2.45) is 0 Å². The molecule has 0 fully saturated rings. The Balaban J connectivity index is 1.77. The highest BCUT2D eigenvalue weighted by Gasteiger charge is 2.23.